The van der Waals surface area contributed by atoms with Crippen molar-refractivity contribution in [2.24, 2.45) is 0 Å². The summed E-state index contributed by atoms with van der Waals surface area (Å²) in [5.74, 6) is 0.712. The number of aryl methyl sites for hydroxylation is 1. The number of rotatable bonds is 11. The summed E-state index contributed by atoms with van der Waals surface area (Å²) >= 11 is 0. The van der Waals surface area contributed by atoms with Gasteiger partial charge in [0.1, 0.15) is 0 Å². The molecule has 1 nitrogen and oxygen atoms in total. The first-order chi connectivity index (χ1) is 13.7. The molecule has 1 atom stereocenters. The fraction of sp³-hybridized carbons (Fsp3) is 0.481. The summed E-state index contributed by atoms with van der Waals surface area (Å²) in [6.07, 6.45) is 18.6. The zero-order valence-electron chi connectivity index (χ0n) is 18.4. The Morgan fingerprint density at radius 2 is 1.93 bits per heavy atom. The second kappa shape index (κ2) is 12.4. The highest BCUT2D eigenvalue weighted by molar-refractivity contribution is 5.47. The molecule has 1 heteroatoms. The first-order valence-electron chi connectivity index (χ1n) is 11.2. The van der Waals surface area contributed by atoms with Gasteiger partial charge in [0.15, 0.2) is 0 Å². The van der Waals surface area contributed by atoms with Crippen LogP contribution in [0.15, 0.2) is 48.7 Å². The molecule has 0 aliphatic rings. The van der Waals surface area contributed by atoms with E-state index in [9.17, 15) is 0 Å². The van der Waals surface area contributed by atoms with Crippen LogP contribution in [0, 0.1) is 0 Å². The number of allylic oxidation sites excluding steroid dienone is 2. The van der Waals surface area contributed by atoms with Crippen molar-refractivity contribution in [2.75, 3.05) is 0 Å². The lowest BCUT2D eigenvalue weighted by atomic mass is 9.89. The molecule has 1 unspecified atom stereocenters. The predicted molar refractivity (Wildman–Crippen MR) is 125 cm³/mol. The molecule has 28 heavy (non-hydrogen) atoms. The third-order valence-corrected chi connectivity index (χ3v) is 5.90. The highest BCUT2D eigenvalue weighted by Gasteiger charge is 2.09. The van der Waals surface area contributed by atoms with Gasteiger partial charge >= 0.3 is 0 Å². The molecule has 1 heterocycles. The molecule has 2 aromatic rings. The highest BCUT2D eigenvalue weighted by atomic mass is 14.6. The van der Waals surface area contributed by atoms with Crippen molar-refractivity contribution >= 4 is 11.6 Å². The van der Waals surface area contributed by atoms with E-state index in [0.717, 1.165) is 12.8 Å². The number of aromatic amines is 1. The van der Waals surface area contributed by atoms with Crippen molar-refractivity contribution in [1.82, 2.24) is 4.98 Å². The predicted octanol–water partition coefficient (Wildman–Crippen LogP) is 6.64. The second-order valence-electron chi connectivity index (χ2n) is 7.77. The zero-order valence-corrected chi connectivity index (χ0v) is 18.4. The van der Waals surface area contributed by atoms with E-state index in [1.807, 2.05) is 0 Å². The Hall–Kier alpha value is -2.02. The van der Waals surface area contributed by atoms with Crippen LogP contribution in [0.5, 0.6) is 0 Å². The van der Waals surface area contributed by atoms with Crippen LogP contribution >= 0.6 is 0 Å². The lowest BCUT2D eigenvalue weighted by Gasteiger charge is -2.16. The van der Waals surface area contributed by atoms with Gasteiger partial charge in [0, 0.05) is 11.5 Å². The monoisotopic (exact) mass is 377 g/mol. The normalized spacial score (nSPS) is 14.6. The van der Waals surface area contributed by atoms with E-state index < -0.39 is 0 Å². The molecular weight excluding hydrogens is 338 g/mol. The Labute approximate surface area is 172 Å². The molecule has 1 aromatic carbocycles. The largest absolute Gasteiger partial charge is 0.361 e. The number of unbranched alkanes of at least 4 members (excludes halogenated alkanes) is 2. The average Bonchev–Trinajstić information content (AvgIpc) is 3.21. The first-order valence-corrected chi connectivity index (χ1v) is 11.2. The van der Waals surface area contributed by atoms with E-state index in [0.29, 0.717) is 5.92 Å². The summed E-state index contributed by atoms with van der Waals surface area (Å²) < 4.78 is 0. The minimum absolute atomic E-state index is 0.712. The summed E-state index contributed by atoms with van der Waals surface area (Å²) in [6.45, 7) is 8.80. The molecule has 1 aromatic heterocycles. The molecule has 0 radical (unpaired) electrons. The van der Waals surface area contributed by atoms with Crippen LogP contribution in [-0.2, 0) is 6.42 Å². The number of hydrogen-bond acceptors (Lipinski definition) is 0. The number of nitrogens with one attached hydrogen (secondary N) is 1. The van der Waals surface area contributed by atoms with Crippen LogP contribution in [0.25, 0.3) is 11.6 Å². The Kier molecular flexibility index (Phi) is 9.90. The van der Waals surface area contributed by atoms with Gasteiger partial charge in [0.05, 0.1) is 0 Å². The number of aromatic nitrogens is 1. The average molecular weight is 378 g/mol. The topological polar surface area (TPSA) is 15.8 Å². The van der Waals surface area contributed by atoms with Gasteiger partial charge in [-0.15, -0.1) is 0 Å². The van der Waals surface area contributed by atoms with Gasteiger partial charge in [0.25, 0.3) is 0 Å². The quantitative estimate of drug-likeness (QED) is 0.334. The Bertz CT molecular complexity index is 837. The van der Waals surface area contributed by atoms with Crippen molar-refractivity contribution < 1.29 is 0 Å². The first kappa shape index (κ1) is 22.3. The molecule has 0 saturated carbocycles. The number of hydrogen-bond donors (Lipinski definition) is 1. The summed E-state index contributed by atoms with van der Waals surface area (Å²) in [6, 6.07) is 11.5. The molecule has 0 amide bonds. The third-order valence-electron chi connectivity index (χ3n) is 5.90. The molecule has 0 saturated heterocycles. The van der Waals surface area contributed by atoms with E-state index >= 15 is 0 Å². The fourth-order valence-electron chi connectivity index (χ4n) is 4.12. The van der Waals surface area contributed by atoms with Crippen molar-refractivity contribution in [2.45, 2.75) is 85.0 Å². The van der Waals surface area contributed by atoms with Crippen molar-refractivity contribution in [1.29, 1.82) is 0 Å². The van der Waals surface area contributed by atoms with Gasteiger partial charge in [-0.05, 0) is 80.7 Å². The maximum atomic E-state index is 3.36. The minimum atomic E-state index is 0.712. The SMILES string of the molecule is CC=CC/C(CCCCCC(CC)c1cccc(CC)c1)=c1/cc[nH]c1=CC. The van der Waals surface area contributed by atoms with Crippen LogP contribution in [0.4, 0.5) is 0 Å². The molecule has 0 aliphatic heterocycles. The molecule has 0 bridgehead atoms. The molecule has 1 N–H and O–H groups in total. The van der Waals surface area contributed by atoms with E-state index in [-0.39, 0.29) is 0 Å². The van der Waals surface area contributed by atoms with E-state index in [1.54, 1.807) is 5.57 Å². The number of benzene rings is 1. The van der Waals surface area contributed by atoms with Gasteiger partial charge in [-0.3, -0.25) is 0 Å². The van der Waals surface area contributed by atoms with Crippen LogP contribution < -0.4 is 10.6 Å². The highest BCUT2D eigenvalue weighted by Crippen LogP contribution is 2.27. The molecule has 0 fully saturated rings. The van der Waals surface area contributed by atoms with Crippen LogP contribution in [-0.4, -0.2) is 4.98 Å². The lowest BCUT2D eigenvalue weighted by Crippen LogP contribution is -2.24. The fourth-order valence-corrected chi connectivity index (χ4v) is 4.12. The maximum absolute atomic E-state index is 3.36. The van der Waals surface area contributed by atoms with Crippen LogP contribution in [0.1, 0.15) is 89.7 Å². The van der Waals surface area contributed by atoms with Crippen molar-refractivity contribution in [3.8, 4) is 0 Å². The maximum Gasteiger partial charge on any atom is 0.0410 e. The Morgan fingerprint density at radius 1 is 1.07 bits per heavy atom. The summed E-state index contributed by atoms with van der Waals surface area (Å²) in [5, 5.41) is 2.67. The summed E-state index contributed by atoms with van der Waals surface area (Å²) in [4.78, 5) is 3.36. The summed E-state index contributed by atoms with van der Waals surface area (Å²) in [7, 11) is 0. The zero-order chi connectivity index (χ0) is 20.2. The molecule has 0 aliphatic carbocycles. The van der Waals surface area contributed by atoms with Gasteiger partial charge < -0.3 is 4.98 Å². The van der Waals surface area contributed by atoms with Crippen LogP contribution in [0.2, 0.25) is 0 Å². The Balaban J connectivity index is 1.91. The molecule has 2 rings (SSSR count). The van der Waals surface area contributed by atoms with Gasteiger partial charge in [-0.25, -0.2) is 0 Å². The minimum Gasteiger partial charge on any atom is -0.361 e. The van der Waals surface area contributed by atoms with Gasteiger partial charge in [-0.2, -0.15) is 0 Å². The smallest absolute Gasteiger partial charge is 0.0410 e. The lowest BCUT2D eigenvalue weighted by molar-refractivity contribution is 0.547. The summed E-state index contributed by atoms with van der Waals surface area (Å²) in [5.41, 5.74) is 4.57. The van der Waals surface area contributed by atoms with Crippen molar-refractivity contribution in [3.05, 3.63) is 70.4 Å². The Morgan fingerprint density at radius 3 is 2.64 bits per heavy atom. The number of H-pyrrole nitrogens is 1. The third kappa shape index (κ3) is 6.55. The standard InChI is InChI=1S/C27H39N/c1-5-9-15-24(26-19-20-28-27(26)8-4)17-12-10-11-16-23(7-3)25-18-13-14-22(6-2)21-25/h5,8-9,13-14,18-21,23,28H,6-7,10-12,15-17H2,1-4H3/b9-5?,26-24+,27-8?. The van der Waals surface area contributed by atoms with E-state index in [1.165, 1.54) is 60.2 Å². The molecule has 0 spiro atoms. The van der Waals surface area contributed by atoms with E-state index in [2.05, 4.69) is 87.4 Å². The van der Waals surface area contributed by atoms with Gasteiger partial charge in [-0.1, -0.05) is 74.8 Å². The van der Waals surface area contributed by atoms with E-state index in [4.69, 9.17) is 0 Å². The van der Waals surface area contributed by atoms with Gasteiger partial charge in [0.2, 0.25) is 0 Å². The molecule has 152 valence electrons. The molecular formula is C27H39N. The van der Waals surface area contributed by atoms with Crippen LogP contribution in [0.3, 0.4) is 0 Å². The second-order valence-corrected chi connectivity index (χ2v) is 7.77. The van der Waals surface area contributed by atoms with Crippen molar-refractivity contribution in [3.63, 3.8) is 0 Å².